The molecule has 0 spiro atoms. The van der Waals surface area contributed by atoms with Crippen molar-refractivity contribution < 1.29 is 14.3 Å². The number of nitrogens with two attached hydrogens (primary N) is 1. The predicted octanol–water partition coefficient (Wildman–Crippen LogP) is 0.454. The average molecular weight is 254 g/mol. The Bertz CT molecular complexity index is 441. The van der Waals surface area contributed by atoms with Gasteiger partial charge >= 0.3 is 5.97 Å². The Labute approximate surface area is 105 Å². The second-order valence-electron chi connectivity index (χ2n) is 3.90. The van der Waals surface area contributed by atoms with Gasteiger partial charge in [0.1, 0.15) is 6.04 Å². The van der Waals surface area contributed by atoms with Crippen LogP contribution in [-0.2, 0) is 16.0 Å². The number of esters is 1. The minimum atomic E-state index is -0.586. The first-order valence-corrected chi connectivity index (χ1v) is 5.88. The molecule has 0 saturated carbocycles. The molecule has 0 saturated heterocycles. The third kappa shape index (κ3) is 2.66. The van der Waals surface area contributed by atoms with Gasteiger partial charge < -0.3 is 10.5 Å². The molecule has 1 amide bonds. The maximum Gasteiger partial charge on any atom is 0.360 e. The minimum Gasteiger partial charge on any atom is -0.464 e. The van der Waals surface area contributed by atoms with Crippen LogP contribution in [0.5, 0.6) is 0 Å². The quantitative estimate of drug-likeness (QED) is 0.743. The van der Waals surface area contributed by atoms with Gasteiger partial charge in [0.25, 0.3) is 0 Å². The van der Waals surface area contributed by atoms with E-state index in [2.05, 4.69) is 15.0 Å². The fourth-order valence-corrected chi connectivity index (χ4v) is 1.78. The number of aromatic nitrogens is 3. The summed E-state index contributed by atoms with van der Waals surface area (Å²) in [5, 5.41) is 7.65. The molecule has 0 fully saturated rings. The lowest BCUT2D eigenvalue weighted by molar-refractivity contribution is -0.121. The van der Waals surface area contributed by atoms with Crippen molar-refractivity contribution in [1.29, 1.82) is 0 Å². The molecule has 0 bridgehead atoms. The maximum absolute atomic E-state index is 11.5. The normalized spacial score (nSPS) is 12.2. The fraction of sp³-hybridized carbons (Fsp3) is 0.636. The highest BCUT2D eigenvalue weighted by Gasteiger charge is 2.25. The maximum atomic E-state index is 11.5. The van der Waals surface area contributed by atoms with Crippen molar-refractivity contribution in [3.8, 4) is 0 Å². The smallest absolute Gasteiger partial charge is 0.360 e. The lowest BCUT2D eigenvalue weighted by Gasteiger charge is -2.14. The first-order valence-electron chi connectivity index (χ1n) is 5.88. The molecule has 1 aromatic heterocycles. The van der Waals surface area contributed by atoms with E-state index in [0.29, 0.717) is 18.5 Å². The standard InChI is InChI=1S/C11H18N4O3/c1-4-6-8-9(11(17)18-3)13-14-15(8)7(5-2)10(12)16/h7H,4-6H2,1-3H3,(H2,12,16). The Kier molecular flexibility index (Phi) is 4.82. The van der Waals surface area contributed by atoms with E-state index in [9.17, 15) is 9.59 Å². The van der Waals surface area contributed by atoms with Gasteiger partial charge in [-0.15, -0.1) is 5.10 Å². The van der Waals surface area contributed by atoms with Crippen LogP contribution in [0.25, 0.3) is 0 Å². The Balaban J connectivity index is 3.23. The Hall–Kier alpha value is -1.92. The second kappa shape index (κ2) is 6.13. The number of nitrogens with zero attached hydrogens (tertiary/aromatic N) is 3. The molecule has 18 heavy (non-hydrogen) atoms. The number of hydrogen-bond donors (Lipinski definition) is 1. The first-order chi connectivity index (χ1) is 8.56. The van der Waals surface area contributed by atoms with Gasteiger partial charge in [0.05, 0.1) is 12.8 Å². The van der Waals surface area contributed by atoms with E-state index in [0.717, 1.165) is 6.42 Å². The largest absolute Gasteiger partial charge is 0.464 e. The van der Waals surface area contributed by atoms with E-state index in [1.54, 1.807) is 0 Å². The van der Waals surface area contributed by atoms with Gasteiger partial charge in [0, 0.05) is 0 Å². The van der Waals surface area contributed by atoms with Crippen LogP contribution in [0.1, 0.15) is 48.9 Å². The van der Waals surface area contributed by atoms with Crippen molar-refractivity contribution in [3.63, 3.8) is 0 Å². The van der Waals surface area contributed by atoms with Crippen molar-refractivity contribution >= 4 is 11.9 Å². The third-order valence-electron chi connectivity index (χ3n) is 2.67. The molecule has 1 atom stereocenters. The molecular weight excluding hydrogens is 236 g/mol. The van der Waals surface area contributed by atoms with Crippen LogP contribution in [0.3, 0.4) is 0 Å². The Morgan fingerprint density at radius 3 is 2.56 bits per heavy atom. The number of carbonyl (C=O) groups is 2. The van der Waals surface area contributed by atoms with Crippen LogP contribution in [0, 0.1) is 0 Å². The third-order valence-corrected chi connectivity index (χ3v) is 2.67. The summed E-state index contributed by atoms with van der Waals surface area (Å²) in [6, 6.07) is -0.586. The number of hydrogen-bond acceptors (Lipinski definition) is 5. The van der Waals surface area contributed by atoms with Crippen molar-refractivity contribution in [1.82, 2.24) is 15.0 Å². The summed E-state index contributed by atoms with van der Waals surface area (Å²) in [4.78, 5) is 22.9. The summed E-state index contributed by atoms with van der Waals surface area (Å²) in [5.41, 5.74) is 6.06. The lowest BCUT2D eigenvalue weighted by atomic mass is 10.1. The summed E-state index contributed by atoms with van der Waals surface area (Å²) in [5.74, 6) is -1.04. The molecule has 7 nitrogen and oxygen atoms in total. The van der Waals surface area contributed by atoms with E-state index < -0.39 is 17.9 Å². The SMILES string of the molecule is CCCc1c(C(=O)OC)nnn1C(CC)C(N)=O. The monoisotopic (exact) mass is 254 g/mol. The van der Waals surface area contributed by atoms with Crippen molar-refractivity contribution in [2.45, 2.75) is 39.2 Å². The molecule has 2 N–H and O–H groups in total. The zero-order valence-corrected chi connectivity index (χ0v) is 10.8. The molecule has 1 aromatic rings. The van der Waals surface area contributed by atoms with Gasteiger partial charge in [-0.05, 0) is 12.8 Å². The summed E-state index contributed by atoms with van der Waals surface area (Å²) in [6.45, 7) is 3.79. The molecule has 0 aromatic carbocycles. The van der Waals surface area contributed by atoms with E-state index in [4.69, 9.17) is 5.73 Å². The predicted molar refractivity (Wildman–Crippen MR) is 63.9 cm³/mol. The van der Waals surface area contributed by atoms with Gasteiger partial charge in [-0.2, -0.15) is 0 Å². The molecule has 1 rings (SSSR count). The minimum absolute atomic E-state index is 0.152. The molecular formula is C11H18N4O3. The van der Waals surface area contributed by atoms with Crippen molar-refractivity contribution in [3.05, 3.63) is 11.4 Å². The van der Waals surface area contributed by atoms with Crippen LogP contribution in [0.4, 0.5) is 0 Å². The van der Waals surface area contributed by atoms with Gasteiger partial charge in [0.2, 0.25) is 5.91 Å². The molecule has 0 radical (unpaired) electrons. The molecule has 100 valence electrons. The summed E-state index contributed by atoms with van der Waals surface area (Å²) in [7, 11) is 1.28. The number of ether oxygens (including phenoxy) is 1. The van der Waals surface area contributed by atoms with Crippen LogP contribution in [0.2, 0.25) is 0 Å². The van der Waals surface area contributed by atoms with Crippen molar-refractivity contribution in [2.24, 2.45) is 5.73 Å². The van der Waals surface area contributed by atoms with E-state index >= 15 is 0 Å². The highest BCUT2D eigenvalue weighted by Crippen LogP contribution is 2.17. The zero-order chi connectivity index (χ0) is 13.7. The van der Waals surface area contributed by atoms with Crippen molar-refractivity contribution in [2.75, 3.05) is 7.11 Å². The lowest BCUT2D eigenvalue weighted by Crippen LogP contribution is -2.28. The highest BCUT2D eigenvalue weighted by molar-refractivity contribution is 5.88. The summed E-state index contributed by atoms with van der Waals surface area (Å²) >= 11 is 0. The average Bonchev–Trinajstić information content (AvgIpc) is 2.73. The Morgan fingerprint density at radius 1 is 1.44 bits per heavy atom. The molecule has 7 heteroatoms. The van der Waals surface area contributed by atoms with Gasteiger partial charge in [-0.1, -0.05) is 25.5 Å². The number of primary amides is 1. The second-order valence-corrected chi connectivity index (χ2v) is 3.90. The number of rotatable bonds is 6. The number of methoxy groups -OCH3 is 1. The van der Waals surface area contributed by atoms with Gasteiger partial charge in [-0.25, -0.2) is 9.48 Å². The number of amides is 1. The van der Waals surface area contributed by atoms with E-state index in [1.165, 1.54) is 11.8 Å². The van der Waals surface area contributed by atoms with Crippen LogP contribution < -0.4 is 5.73 Å². The molecule has 0 aliphatic rings. The molecule has 0 aliphatic heterocycles. The number of carbonyl (C=O) groups excluding carboxylic acids is 2. The van der Waals surface area contributed by atoms with Crippen LogP contribution in [-0.4, -0.2) is 34.0 Å². The van der Waals surface area contributed by atoms with E-state index in [-0.39, 0.29) is 5.69 Å². The highest BCUT2D eigenvalue weighted by atomic mass is 16.5. The van der Waals surface area contributed by atoms with E-state index in [1.807, 2.05) is 13.8 Å². The van der Waals surface area contributed by atoms with Gasteiger partial charge in [-0.3, -0.25) is 4.79 Å². The first kappa shape index (κ1) is 14.1. The molecule has 0 aliphatic carbocycles. The van der Waals surface area contributed by atoms with Crippen LogP contribution in [0.15, 0.2) is 0 Å². The van der Waals surface area contributed by atoms with Gasteiger partial charge in [0.15, 0.2) is 5.69 Å². The summed E-state index contributed by atoms with van der Waals surface area (Å²) in [6.07, 6.45) is 1.88. The fourth-order valence-electron chi connectivity index (χ4n) is 1.78. The Morgan fingerprint density at radius 2 is 2.11 bits per heavy atom. The summed E-state index contributed by atoms with van der Waals surface area (Å²) < 4.78 is 6.07. The molecule has 1 heterocycles. The molecule has 1 unspecified atom stereocenters. The topological polar surface area (TPSA) is 100 Å². The zero-order valence-electron chi connectivity index (χ0n) is 10.8. The van der Waals surface area contributed by atoms with Crippen LogP contribution >= 0.6 is 0 Å².